The lowest BCUT2D eigenvalue weighted by Gasteiger charge is -2.35. The van der Waals surface area contributed by atoms with E-state index in [1.807, 2.05) is 30.9 Å². The Morgan fingerprint density at radius 1 is 1.06 bits per heavy atom. The van der Waals surface area contributed by atoms with Crippen molar-refractivity contribution >= 4 is 11.8 Å². The summed E-state index contributed by atoms with van der Waals surface area (Å²) in [5.41, 5.74) is 2.25. The SMILES string of the molecule is CC1CN(C(=O)c2ccc(CNC(=O)CCc3ncc(-c4ccc(F)cc4)o3)cc2)CC(C)O1. The fraction of sp³-hybridized carbons (Fsp3) is 0.346. The maximum Gasteiger partial charge on any atom is 0.254 e. The van der Waals surface area contributed by atoms with E-state index in [9.17, 15) is 14.0 Å². The van der Waals surface area contributed by atoms with Crippen molar-refractivity contribution in [1.82, 2.24) is 15.2 Å². The van der Waals surface area contributed by atoms with Gasteiger partial charge in [0.15, 0.2) is 11.7 Å². The number of amides is 2. The van der Waals surface area contributed by atoms with Gasteiger partial charge >= 0.3 is 0 Å². The van der Waals surface area contributed by atoms with E-state index in [4.69, 9.17) is 9.15 Å². The van der Waals surface area contributed by atoms with E-state index in [0.29, 0.717) is 43.3 Å². The first-order valence-electron chi connectivity index (χ1n) is 11.4. The van der Waals surface area contributed by atoms with E-state index < -0.39 is 0 Å². The molecule has 2 aromatic carbocycles. The number of carbonyl (C=O) groups excluding carboxylic acids is 2. The summed E-state index contributed by atoms with van der Waals surface area (Å²) in [6, 6.07) is 13.2. The number of benzene rings is 2. The molecule has 2 amide bonds. The van der Waals surface area contributed by atoms with E-state index >= 15 is 0 Å². The van der Waals surface area contributed by atoms with E-state index in [2.05, 4.69) is 10.3 Å². The highest BCUT2D eigenvalue weighted by Crippen LogP contribution is 2.21. The van der Waals surface area contributed by atoms with E-state index in [0.717, 1.165) is 11.1 Å². The summed E-state index contributed by atoms with van der Waals surface area (Å²) in [6.45, 7) is 5.46. The van der Waals surface area contributed by atoms with Crippen molar-refractivity contribution in [3.8, 4) is 11.3 Å². The molecule has 2 unspecified atom stereocenters. The molecule has 1 aromatic heterocycles. The molecule has 1 aliphatic heterocycles. The molecule has 0 aliphatic carbocycles. The second kappa shape index (κ2) is 10.6. The monoisotopic (exact) mass is 465 g/mol. The standard InChI is InChI=1S/C26H28FN3O4/c1-17-15-30(16-18(2)33-17)26(32)21-5-3-19(4-6-21)13-28-24(31)11-12-25-29-14-23(34-25)20-7-9-22(27)10-8-20/h3-10,14,17-18H,11-13,15-16H2,1-2H3,(H,28,31). The molecule has 4 rings (SSSR count). The first-order chi connectivity index (χ1) is 16.4. The molecule has 2 heterocycles. The van der Waals surface area contributed by atoms with E-state index in [1.54, 1.807) is 30.5 Å². The van der Waals surface area contributed by atoms with Gasteiger partial charge in [-0.25, -0.2) is 9.37 Å². The van der Waals surface area contributed by atoms with Crippen LogP contribution in [0.1, 0.15) is 42.1 Å². The summed E-state index contributed by atoms with van der Waals surface area (Å²) in [5.74, 6) is 0.527. The number of nitrogens with zero attached hydrogens (tertiary/aromatic N) is 2. The lowest BCUT2D eigenvalue weighted by Crippen LogP contribution is -2.48. The van der Waals surface area contributed by atoms with Gasteiger partial charge in [-0.15, -0.1) is 0 Å². The van der Waals surface area contributed by atoms with Crippen molar-refractivity contribution in [3.63, 3.8) is 0 Å². The van der Waals surface area contributed by atoms with Gasteiger partial charge in [0.25, 0.3) is 5.91 Å². The quantitative estimate of drug-likeness (QED) is 0.571. The minimum atomic E-state index is -0.317. The minimum Gasteiger partial charge on any atom is -0.441 e. The number of hydrogen-bond donors (Lipinski definition) is 1. The smallest absolute Gasteiger partial charge is 0.254 e. The first kappa shape index (κ1) is 23.6. The van der Waals surface area contributed by atoms with Crippen LogP contribution in [0.15, 0.2) is 59.1 Å². The third-order valence-corrected chi connectivity index (χ3v) is 5.65. The van der Waals surface area contributed by atoms with Gasteiger partial charge in [-0.05, 0) is 55.8 Å². The Bertz CT molecular complexity index is 1120. The fourth-order valence-electron chi connectivity index (χ4n) is 3.97. The number of nitrogens with one attached hydrogen (secondary N) is 1. The molecule has 0 bridgehead atoms. The zero-order valence-electron chi connectivity index (χ0n) is 19.3. The average Bonchev–Trinajstić information content (AvgIpc) is 3.30. The van der Waals surface area contributed by atoms with Crippen LogP contribution in [-0.4, -0.2) is 47.0 Å². The Morgan fingerprint density at radius 3 is 2.41 bits per heavy atom. The Balaban J connectivity index is 1.23. The molecule has 34 heavy (non-hydrogen) atoms. The summed E-state index contributed by atoms with van der Waals surface area (Å²) in [4.78, 5) is 31.0. The van der Waals surface area contributed by atoms with Gasteiger partial charge in [-0.3, -0.25) is 9.59 Å². The highest BCUT2D eigenvalue weighted by molar-refractivity contribution is 5.94. The summed E-state index contributed by atoms with van der Waals surface area (Å²) < 4.78 is 24.4. The number of hydrogen-bond acceptors (Lipinski definition) is 5. The van der Waals surface area contributed by atoms with E-state index in [-0.39, 0.29) is 36.3 Å². The van der Waals surface area contributed by atoms with Crippen molar-refractivity contribution < 1.29 is 23.1 Å². The van der Waals surface area contributed by atoms with Crippen molar-refractivity contribution in [2.24, 2.45) is 0 Å². The number of rotatable bonds is 7. The molecule has 0 radical (unpaired) electrons. The molecule has 7 nitrogen and oxygen atoms in total. The van der Waals surface area contributed by atoms with Crippen LogP contribution >= 0.6 is 0 Å². The lowest BCUT2D eigenvalue weighted by molar-refractivity contribution is -0.121. The second-order valence-electron chi connectivity index (χ2n) is 8.57. The number of carbonyl (C=O) groups is 2. The van der Waals surface area contributed by atoms with Crippen LogP contribution in [0.4, 0.5) is 4.39 Å². The Hall–Kier alpha value is -3.52. The third kappa shape index (κ3) is 6.08. The zero-order chi connectivity index (χ0) is 24.1. The van der Waals surface area contributed by atoms with Crippen molar-refractivity contribution in [2.75, 3.05) is 13.1 Å². The maximum absolute atomic E-state index is 13.1. The topological polar surface area (TPSA) is 84.7 Å². The minimum absolute atomic E-state index is 0.0106. The molecule has 2 atom stereocenters. The normalized spacial score (nSPS) is 18.0. The van der Waals surface area contributed by atoms with Gasteiger partial charge in [0.1, 0.15) is 5.82 Å². The molecule has 8 heteroatoms. The lowest BCUT2D eigenvalue weighted by atomic mass is 10.1. The maximum atomic E-state index is 13.1. The highest BCUT2D eigenvalue weighted by Gasteiger charge is 2.26. The number of oxazole rings is 1. The van der Waals surface area contributed by atoms with Crippen LogP contribution in [0, 0.1) is 5.82 Å². The highest BCUT2D eigenvalue weighted by atomic mass is 19.1. The van der Waals surface area contributed by atoms with E-state index in [1.165, 1.54) is 12.1 Å². The largest absolute Gasteiger partial charge is 0.441 e. The van der Waals surface area contributed by atoms with Gasteiger partial charge in [0.05, 0.1) is 18.4 Å². The Labute approximate surface area is 197 Å². The number of morpholine rings is 1. The zero-order valence-corrected chi connectivity index (χ0v) is 19.3. The number of halogens is 1. The molecular weight excluding hydrogens is 437 g/mol. The van der Waals surface area contributed by atoms with Gasteiger partial charge in [0, 0.05) is 43.6 Å². The van der Waals surface area contributed by atoms with Crippen LogP contribution in [0.3, 0.4) is 0 Å². The molecule has 1 N–H and O–H groups in total. The van der Waals surface area contributed by atoms with Crippen molar-refractivity contribution in [2.45, 2.75) is 45.4 Å². The molecule has 178 valence electrons. The van der Waals surface area contributed by atoms with Gasteiger partial charge in [-0.1, -0.05) is 12.1 Å². The molecule has 0 saturated carbocycles. The molecule has 3 aromatic rings. The average molecular weight is 466 g/mol. The predicted molar refractivity (Wildman–Crippen MR) is 124 cm³/mol. The summed E-state index contributed by atoms with van der Waals surface area (Å²) in [6.07, 6.45) is 2.20. The molecule has 1 aliphatic rings. The van der Waals surface area contributed by atoms with Crippen LogP contribution in [0.5, 0.6) is 0 Å². The van der Waals surface area contributed by atoms with Crippen LogP contribution < -0.4 is 5.32 Å². The fourth-order valence-corrected chi connectivity index (χ4v) is 3.97. The number of aryl methyl sites for hydroxylation is 1. The van der Waals surface area contributed by atoms with Gasteiger partial charge < -0.3 is 19.4 Å². The molecule has 0 spiro atoms. The summed E-state index contributed by atoms with van der Waals surface area (Å²) in [7, 11) is 0. The van der Waals surface area contributed by atoms with Crippen LogP contribution in [0.25, 0.3) is 11.3 Å². The summed E-state index contributed by atoms with van der Waals surface area (Å²) in [5, 5.41) is 2.88. The number of aromatic nitrogens is 1. The van der Waals surface area contributed by atoms with Crippen LogP contribution in [-0.2, 0) is 22.5 Å². The molecular formula is C26H28FN3O4. The molecule has 1 saturated heterocycles. The third-order valence-electron chi connectivity index (χ3n) is 5.65. The van der Waals surface area contributed by atoms with Gasteiger partial charge in [0.2, 0.25) is 5.91 Å². The van der Waals surface area contributed by atoms with Crippen LogP contribution in [0.2, 0.25) is 0 Å². The molecule has 1 fully saturated rings. The van der Waals surface area contributed by atoms with Crippen molar-refractivity contribution in [1.29, 1.82) is 0 Å². The Morgan fingerprint density at radius 2 is 1.74 bits per heavy atom. The number of ether oxygens (including phenoxy) is 1. The first-order valence-corrected chi connectivity index (χ1v) is 11.4. The Kier molecular flexibility index (Phi) is 7.37. The summed E-state index contributed by atoms with van der Waals surface area (Å²) >= 11 is 0. The van der Waals surface area contributed by atoms with Crippen molar-refractivity contribution in [3.05, 3.63) is 77.6 Å². The second-order valence-corrected chi connectivity index (χ2v) is 8.57. The van der Waals surface area contributed by atoms with Gasteiger partial charge in [-0.2, -0.15) is 0 Å². The predicted octanol–water partition coefficient (Wildman–Crippen LogP) is 3.98.